The Morgan fingerprint density at radius 1 is 1.04 bits per heavy atom. The van der Waals surface area contributed by atoms with Crippen molar-refractivity contribution in [1.29, 1.82) is 0 Å². The van der Waals surface area contributed by atoms with Crippen LogP contribution in [0.25, 0.3) is 5.57 Å². The number of hydrogen-bond acceptors (Lipinski definition) is 3. The lowest BCUT2D eigenvalue weighted by Gasteiger charge is -2.25. The highest BCUT2D eigenvalue weighted by atomic mass is 35.5. The van der Waals surface area contributed by atoms with E-state index in [9.17, 15) is 14.4 Å². The highest BCUT2D eigenvalue weighted by molar-refractivity contribution is 6.55. The number of rotatable bonds is 3. The van der Waals surface area contributed by atoms with Crippen LogP contribution in [0.5, 0.6) is 0 Å². The molecule has 0 spiro atoms. The van der Waals surface area contributed by atoms with E-state index >= 15 is 0 Å². The molecule has 1 aliphatic heterocycles. The zero-order chi connectivity index (χ0) is 18.0. The Bertz CT molecular complexity index is 732. The maximum absolute atomic E-state index is 12.9. The summed E-state index contributed by atoms with van der Waals surface area (Å²) in [5, 5.41) is 2.66. The summed E-state index contributed by atoms with van der Waals surface area (Å²) in [6.45, 7) is 1.43. The van der Waals surface area contributed by atoms with E-state index in [1.807, 2.05) is 0 Å². The minimum absolute atomic E-state index is 0.0125. The minimum Gasteiger partial charge on any atom is -0.326 e. The van der Waals surface area contributed by atoms with Crippen molar-refractivity contribution in [2.45, 2.75) is 51.5 Å². The highest BCUT2D eigenvalue weighted by Gasteiger charge is 2.41. The monoisotopic (exact) mass is 360 g/mol. The average Bonchev–Trinajstić information content (AvgIpc) is 2.77. The lowest BCUT2D eigenvalue weighted by Crippen LogP contribution is -2.40. The largest absolute Gasteiger partial charge is 0.326 e. The van der Waals surface area contributed by atoms with E-state index in [1.165, 1.54) is 11.8 Å². The Labute approximate surface area is 152 Å². The summed E-state index contributed by atoms with van der Waals surface area (Å²) in [7, 11) is 0. The van der Waals surface area contributed by atoms with E-state index in [1.54, 1.807) is 24.3 Å². The van der Waals surface area contributed by atoms with Gasteiger partial charge in [-0.3, -0.25) is 19.3 Å². The van der Waals surface area contributed by atoms with E-state index < -0.39 is 0 Å². The van der Waals surface area contributed by atoms with Crippen molar-refractivity contribution in [3.05, 3.63) is 34.9 Å². The number of halogens is 1. The molecule has 1 saturated carbocycles. The zero-order valence-electron chi connectivity index (χ0n) is 14.2. The van der Waals surface area contributed by atoms with Crippen LogP contribution in [0.4, 0.5) is 5.69 Å². The molecule has 0 atom stereocenters. The predicted octanol–water partition coefficient (Wildman–Crippen LogP) is 3.69. The molecule has 132 valence electrons. The fourth-order valence-electron chi connectivity index (χ4n) is 3.54. The van der Waals surface area contributed by atoms with Crippen LogP contribution in [-0.4, -0.2) is 28.7 Å². The lowest BCUT2D eigenvalue weighted by molar-refractivity contribution is -0.139. The Hall–Kier alpha value is -2.14. The van der Waals surface area contributed by atoms with E-state index in [2.05, 4.69) is 5.32 Å². The first-order valence-corrected chi connectivity index (χ1v) is 9.02. The zero-order valence-corrected chi connectivity index (χ0v) is 14.9. The molecular formula is C19H21ClN2O3. The van der Waals surface area contributed by atoms with Gasteiger partial charge in [0.2, 0.25) is 5.91 Å². The van der Waals surface area contributed by atoms with Gasteiger partial charge >= 0.3 is 0 Å². The topological polar surface area (TPSA) is 66.5 Å². The fraction of sp³-hybridized carbons (Fsp3) is 0.421. The number of carbonyl (C=O) groups is 3. The van der Waals surface area contributed by atoms with Gasteiger partial charge in [-0.2, -0.15) is 0 Å². The number of hydrogen-bond donors (Lipinski definition) is 1. The van der Waals surface area contributed by atoms with Crippen molar-refractivity contribution in [3.63, 3.8) is 0 Å². The van der Waals surface area contributed by atoms with Gasteiger partial charge in [-0.1, -0.05) is 49.4 Å². The van der Waals surface area contributed by atoms with Gasteiger partial charge in [0.05, 0.1) is 5.57 Å². The Morgan fingerprint density at radius 2 is 1.64 bits per heavy atom. The minimum atomic E-state index is -0.389. The molecule has 2 aliphatic rings. The number of carbonyl (C=O) groups excluding carboxylic acids is 3. The van der Waals surface area contributed by atoms with Crippen molar-refractivity contribution in [1.82, 2.24) is 4.90 Å². The van der Waals surface area contributed by atoms with Crippen LogP contribution >= 0.6 is 11.6 Å². The molecule has 3 rings (SSSR count). The van der Waals surface area contributed by atoms with Crippen molar-refractivity contribution in [3.8, 4) is 0 Å². The van der Waals surface area contributed by atoms with Gasteiger partial charge in [0.25, 0.3) is 11.8 Å². The van der Waals surface area contributed by atoms with Crippen molar-refractivity contribution < 1.29 is 14.4 Å². The van der Waals surface area contributed by atoms with Crippen LogP contribution < -0.4 is 5.32 Å². The third-order valence-electron chi connectivity index (χ3n) is 4.74. The van der Waals surface area contributed by atoms with E-state index in [4.69, 9.17) is 11.6 Å². The molecule has 1 N–H and O–H groups in total. The first-order chi connectivity index (χ1) is 12.0. The third kappa shape index (κ3) is 3.61. The molecule has 1 aromatic rings. The van der Waals surface area contributed by atoms with Crippen molar-refractivity contribution in [2.24, 2.45) is 0 Å². The van der Waals surface area contributed by atoms with E-state index in [0.717, 1.165) is 38.5 Å². The van der Waals surface area contributed by atoms with Gasteiger partial charge in [-0.05, 0) is 30.5 Å². The Balaban J connectivity index is 1.85. The first-order valence-electron chi connectivity index (χ1n) is 8.64. The standard InChI is InChI=1S/C19H21ClN2O3/c1-12(23)21-14-10-8-13(9-11-14)16-17(20)19(25)22(18(16)24)15-6-4-2-3-5-7-15/h8-11,15H,2-7H2,1H3,(H,21,23). The molecule has 1 fully saturated rings. The summed E-state index contributed by atoms with van der Waals surface area (Å²) in [5.41, 5.74) is 1.48. The number of anilines is 1. The molecule has 1 aliphatic carbocycles. The summed E-state index contributed by atoms with van der Waals surface area (Å²) < 4.78 is 0. The molecular weight excluding hydrogens is 340 g/mol. The van der Waals surface area contributed by atoms with Gasteiger partial charge in [0.1, 0.15) is 5.03 Å². The van der Waals surface area contributed by atoms with Crippen LogP contribution in [0.2, 0.25) is 0 Å². The maximum Gasteiger partial charge on any atom is 0.273 e. The molecule has 0 saturated heterocycles. The number of nitrogens with one attached hydrogen (secondary N) is 1. The molecule has 0 aromatic heterocycles. The third-order valence-corrected chi connectivity index (χ3v) is 5.09. The second-order valence-electron chi connectivity index (χ2n) is 6.57. The summed E-state index contributed by atoms with van der Waals surface area (Å²) >= 11 is 6.23. The van der Waals surface area contributed by atoms with Crippen LogP contribution in [0.15, 0.2) is 29.3 Å². The molecule has 1 heterocycles. The number of nitrogens with zero attached hydrogens (tertiary/aromatic N) is 1. The summed E-state index contributed by atoms with van der Waals surface area (Å²) in [6, 6.07) is 6.72. The van der Waals surface area contributed by atoms with Crippen molar-refractivity contribution in [2.75, 3.05) is 5.32 Å². The van der Waals surface area contributed by atoms with E-state index in [-0.39, 0.29) is 34.4 Å². The SMILES string of the molecule is CC(=O)Nc1ccc(C2=C(Cl)C(=O)N(C3CCCCCC3)C2=O)cc1. The van der Waals surface area contributed by atoms with Crippen LogP contribution in [0, 0.1) is 0 Å². The Kier molecular flexibility index (Phi) is 5.23. The second-order valence-corrected chi connectivity index (χ2v) is 6.95. The van der Waals surface area contributed by atoms with Crippen LogP contribution in [0.1, 0.15) is 51.0 Å². The second kappa shape index (κ2) is 7.40. The summed E-state index contributed by atoms with van der Waals surface area (Å²) in [6.07, 6.45) is 6.03. The summed E-state index contributed by atoms with van der Waals surface area (Å²) in [4.78, 5) is 37.9. The van der Waals surface area contributed by atoms with E-state index in [0.29, 0.717) is 11.3 Å². The normalized spacial score (nSPS) is 19.4. The van der Waals surface area contributed by atoms with Crippen LogP contribution in [-0.2, 0) is 14.4 Å². The predicted molar refractivity (Wildman–Crippen MR) is 96.9 cm³/mol. The fourth-order valence-corrected chi connectivity index (χ4v) is 3.82. The highest BCUT2D eigenvalue weighted by Crippen LogP contribution is 2.36. The van der Waals surface area contributed by atoms with Gasteiger partial charge in [-0.25, -0.2) is 0 Å². The van der Waals surface area contributed by atoms with Crippen LogP contribution in [0.3, 0.4) is 0 Å². The van der Waals surface area contributed by atoms with Gasteiger partial charge in [0, 0.05) is 18.7 Å². The van der Waals surface area contributed by atoms with Gasteiger partial charge < -0.3 is 5.32 Å². The molecule has 0 radical (unpaired) electrons. The molecule has 0 bridgehead atoms. The number of imide groups is 1. The van der Waals surface area contributed by atoms with Gasteiger partial charge in [-0.15, -0.1) is 0 Å². The molecule has 0 unspecified atom stereocenters. The van der Waals surface area contributed by atoms with Gasteiger partial charge in [0.15, 0.2) is 0 Å². The lowest BCUT2D eigenvalue weighted by atomic mass is 10.0. The molecule has 1 aromatic carbocycles. The quantitative estimate of drug-likeness (QED) is 0.660. The van der Waals surface area contributed by atoms with Crippen molar-refractivity contribution >= 4 is 40.6 Å². The average molecular weight is 361 g/mol. The smallest absolute Gasteiger partial charge is 0.273 e. The molecule has 25 heavy (non-hydrogen) atoms. The molecule has 6 heteroatoms. The first kappa shape index (κ1) is 17.7. The number of benzene rings is 1. The molecule has 5 nitrogen and oxygen atoms in total. The summed E-state index contributed by atoms with van der Waals surface area (Å²) in [5.74, 6) is -0.870. The number of amides is 3. The molecule has 3 amide bonds. The Morgan fingerprint density at radius 3 is 2.20 bits per heavy atom. The maximum atomic E-state index is 12.9.